The van der Waals surface area contributed by atoms with Crippen LogP contribution in [0.1, 0.15) is 42.5 Å². The first kappa shape index (κ1) is 21.2. The van der Waals surface area contributed by atoms with Gasteiger partial charge >= 0.3 is 0 Å². The predicted molar refractivity (Wildman–Crippen MR) is 127 cm³/mol. The first-order chi connectivity index (χ1) is 14.7. The number of fused-ring (bicyclic) bond motifs is 1. The zero-order valence-electron chi connectivity index (χ0n) is 18.0. The number of rotatable bonds is 5. The molecule has 0 bridgehead atoms. The van der Waals surface area contributed by atoms with E-state index in [9.17, 15) is 0 Å². The minimum absolute atomic E-state index is 0.629. The van der Waals surface area contributed by atoms with Crippen LogP contribution in [0.4, 0.5) is 5.69 Å². The zero-order chi connectivity index (χ0) is 21.3. The largest absolute Gasteiger partial charge is 0.370 e. The van der Waals surface area contributed by atoms with E-state index in [1.165, 1.54) is 27.9 Å². The minimum Gasteiger partial charge on any atom is -0.370 e. The molecule has 4 rings (SSSR count). The Morgan fingerprint density at radius 2 is 2.00 bits per heavy atom. The fourth-order valence-electron chi connectivity index (χ4n) is 3.31. The van der Waals surface area contributed by atoms with E-state index in [2.05, 4.69) is 108 Å². The summed E-state index contributed by atoms with van der Waals surface area (Å²) in [6.45, 7) is 9.10. The van der Waals surface area contributed by atoms with Crippen molar-refractivity contribution in [1.29, 1.82) is 0 Å². The Morgan fingerprint density at radius 1 is 1.13 bits per heavy atom. The standard InChI is InChI=1S/C14H18.C11H11N5/c1-4-7-8-14-11-12(5-2)9-10-13(14)6-3;1-16-6-2-3-8-7-9(4-5-10(8)16)11-12-14-15-13-11/h6-11H,3-5H2,1-2H3;2-5,7H,6H2,1H3,(H,12,13,14,15)/b8-7-;. The summed E-state index contributed by atoms with van der Waals surface area (Å²) in [6, 6.07) is 12.7. The molecule has 1 aliphatic rings. The molecule has 0 atom stereocenters. The molecule has 2 heterocycles. The molecule has 0 amide bonds. The van der Waals surface area contributed by atoms with Gasteiger partial charge < -0.3 is 4.90 Å². The van der Waals surface area contributed by atoms with Crippen molar-refractivity contribution in [2.24, 2.45) is 0 Å². The summed E-state index contributed by atoms with van der Waals surface area (Å²) in [5.41, 5.74) is 7.28. The van der Waals surface area contributed by atoms with Crippen LogP contribution in [-0.4, -0.2) is 34.2 Å². The van der Waals surface area contributed by atoms with Gasteiger partial charge in [0.15, 0.2) is 0 Å². The lowest BCUT2D eigenvalue weighted by molar-refractivity contribution is 0.881. The summed E-state index contributed by atoms with van der Waals surface area (Å²) in [6.07, 6.45) is 12.7. The number of aromatic nitrogens is 4. The Hall–Kier alpha value is -3.47. The van der Waals surface area contributed by atoms with Gasteiger partial charge in [-0.05, 0) is 58.5 Å². The molecule has 0 spiro atoms. The van der Waals surface area contributed by atoms with Crippen LogP contribution in [0.3, 0.4) is 0 Å². The highest BCUT2D eigenvalue weighted by atomic mass is 15.5. The summed E-state index contributed by atoms with van der Waals surface area (Å²) in [4.78, 5) is 2.20. The molecule has 0 radical (unpaired) electrons. The van der Waals surface area contributed by atoms with E-state index < -0.39 is 0 Å². The molecular formula is C25H29N5. The third-order valence-electron chi connectivity index (χ3n) is 5.03. The first-order valence-electron chi connectivity index (χ1n) is 10.3. The summed E-state index contributed by atoms with van der Waals surface area (Å²) in [5.74, 6) is 0.629. The Bertz CT molecular complexity index is 1030. The maximum atomic E-state index is 3.97. The van der Waals surface area contributed by atoms with Crippen LogP contribution in [0.5, 0.6) is 0 Å². The number of nitrogens with zero attached hydrogens (tertiary/aromatic N) is 4. The summed E-state index contributed by atoms with van der Waals surface area (Å²) in [5, 5.41) is 14.0. The van der Waals surface area contributed by atoms with Crippen molar-refractivity contribution in [3.8, 4) is 11.4 Å². The van der Waals surface area contributed by atoms with Crippen molar-refractivity contribution in [3.05, 3.63) is 77.4 Å². The molecule has 2 aromatic carbocycles. The van der Waals surface area contributed by atoms with Gasteiger partial charge in [-0.25, -0.2) is 0 Å². The van der Waals surface area contributed by atoms with Crippen LogP contribution in [0.2, 0.25) is 0 Å². The monoisotopic (exact) mass is 399 g/mol. The van der Waals surface area contributed by atoms with Gasteiger partial charge in [-0.15, -0.1) is 10.2 Å². The third-order valence-corrected chi connectivity index (χ3v) is 5.03. The number of aromatic amines is 1. The van der Waals surface area contributed by atoms with E-state index >= 15 is 0 Å². The van der Waals surface area contributed by atoms with E-state index in [0.717, 1.165) is 24.9 Å². The molecule has 0 unspecified atom stereocenters. The van der Waals surface area contributed by atoms with E-state index in [4.69, 9.17) is 0 Å². The van der Waals surface area contributed by atoms with Crippen molar-refractivity contribution >= 4 is 23.9 Å². The highest BCUT2D eigenvalue weighted by Gasteiger charge is 2.11. The van der Waals surface area contributed by atoms with Crippen molar-refractivity contribution in [2.75, 3.05) is 18.5 Å². The summed E-state index contributed by atoms with van der Waals surface area (Å²) < 4.78 is 0. The number of hydrogen-bond donors (Lipinski definition) is 1. The van der Waals surface area contributed by atoms with E-state index in [0.29, 0.717) is 5.82 Å². The summed E-state index contributed by atoms with van der Waals surface area (Å²) >= 11 is 0. The molecular weight excluding hydrogens is 370 g/mol. The van der Waals surface area contributed by atoms with Crippen LogP contribution in [0.15, 0.2) is 55.1 Å². The number of anilines is 1. The SMILES string of the molecule is C=Cc1ccc(CC)cc1/C=C\CC.CN1CC=Cc2cc(-c3nn[nH]n3)ccc21. The molecule has 5 heteroatoms. The maximum absolute atomic E-state index is 3.97. The van der Waals surface area contributed by atoms with Crippen LogP contribution >= 0.6 is 0 Å². The minimum atomic E-state index is 0.629. The number of allylic oxidation sites excluding steroid dienone is 1. The number of tetrazole rings is 1. The number of nitrogens with one attached hydrogen (secondary N) is 1. The van der Waals surface area contributed by atoms with Crippen LogP contribution < -0.4 is 4.90 Å². The zero-order valence-corrected chi connectivity index (χ0v) is 18.0. The van der Waals surface area contributed by atoms with Gasteiger partial charge in [0.1, 0.15) is 0 Å². The molecule has 0 saturated heterocycles. The average Bonchev–Trinajstić information content (AvgIpc) is 3.33. The molecule has 3 aromatic rings. The molecule has 30 heavy (non-hydrogen) atoms. The number of benzene rings is 2. The van der Waals surface area contributed by atoms with Gasteiger partial charge in [-0.2, -0.15) is 5.21 Å². The van der Waals surface area contributed by atoms with Crippen molar-refractivity contribution in [1.82, 2.24) is 20.6 Å². The van der Waals surface area contributed by atoms with Gasteiger partial charge in [0, 0.05) is 24.8 Å². The fourth-order valence-corrected chi connectivity index (χ4v) is 3.31. The highest BCUT2D eigenvalue weighted by molar-refractivity contribution is 5.75. The third kappa shape index (κ3) is 5.11. The predicted octanol–water partition coefficient (Wildman–Crippen LogP) is 5.64. The average molecular weight is 400 g/mol. The number of hydrogen-bond acceptors (Lipinski definition) is 4. The Balaban J connectivity index is 0.000000173. The number of aryl methyl sites for hydroxylation is 1. The summed E-state index contributed by atoms with van der Waals surface area (Å²) in [7, 11) is 2.08. The van der Waals surface area contributed by atoms with Gasteiger partial charge in [-0.1, -0.05) is 69.0 Å². The normalized spacial score (nSPS) is 12.4. The second-order valence-electron chi connectivity index (χ2n) is 7.12. The maximum Gasteiger partial charge on any atom is 0.204 e. The van der Waals surface area contributed by atoms with Crippen LogP contribution in [-0.2, 0) is 6.42 Å². The smallest absolute Gasteiger partial charge is 0.204 e. The van der Waals surface area contributed by atoms with Crippen molar-refractivity contribution in [2.45, 2.75) is 26.7 Å². The molecule has 154 valence electrons. The second-order valence-corrected chi connectivity index (χ2v) is 7.12. The van der Waals surface area contributed by atoms with Crippen molar-refractivity contribution < 1.29 is 0 Å². The first-order valence-corrected chi connectivity index (χ1v) is 10.3. The molecule has 1 aromatic heterocycles. The fraction of sp³-hybridized carbons (Fsp3) is 0.240. The molecule has 0 saturated carbocycles. The van der Waals surface area contributed by atoms with Crippen molar-refractivity contribution in [3.63, 3.8) is 0 Å². The Kier molecular flexibility index (Phi) is 7.33. The van der Waals surface area contributed by atoms with E-state index in [-0.39, 0.29) is 0 Å². The lowest BCUT2D eigenvalue weighted by Crippen LogP contribution is -2.20. The Morgan fingerprint density at radius 3 is 2.70 bits per heavy atom. The van der Waals surface area contributed by atoms with E-state index in [1.807, 2.05) is 12.1 Å². The van der Waals surface area contributed by atoms with Gasteiger partial charge in [0.05, 0.1) is 0 Å². The molecule has 1 aliphatic heterocycles. The lowest BCUT2D eigenvalue weighted by Gasteiger charge is -2.23. The molecule has 0 fully saturated rings. The molecule has 0 aliphatic carbocycles. The Labute approximate surface area is 178 Å². The quantitative estimate of drug-likeness (QED) is 0.603. The molecule has 1 N–H and O–H groups in total. The van der Waals surface area contributed by atoms with Gasteiger partial charge in [-0.3, -0.25) is 0 Å². The van der Waals surface area contributed by atoms with E-state index in [1.54, 1.807) is 0 Å². The van der Waals surface area contributed by atoms with Crippen LogP contribution in [0, 0.1) is 0 Å². The molecule has 5 nitrogen and oxygen atoms in total. The highest BCUT2D eigenvalue weighted by Crippen LogP contribution is 2.28. The van der Waals surface area contributed by atoms with Gasteiger partial charge in [0.25, 0.3) is 0 Å². The number of likely N-dealkylation sites (N-methyl/N-ethyl adjacent to an activating group) is 1. The lowest BCUT2D eigenvalue weighted by atomic mass is 10.0. The second kappa shape index (κ2) is 10.3. The topological polar surface area (TPSA) is 57.7 Å². The van der Waals surface area contributed by atoms with Gasteiger partial charge in [0.2, 0.25) is 5.82 Å². The number of H-pyrrole nitrogens is 1. The van der Waals surface area contributed by atoms with Crippen LogP contribution in [0.25, 0.3) is 29.6 Å².